The van der Waals surface area contributed by atoms with E-state index in [0.717, 1.165) is 28.7 Å². The highest BCUT2D eigenvalue weighted by Crippen LogP contribution is 2.28. The molecular weight excluding hydrogens is 482 g/mol. The van der Waals surface area contributed by atoms with Crippen molar-refractivity contribution in [2.75, 3.05) is 19.6 Å². The second kappa shape index (κ2) is 9.47. The van der Waals surface area contributed by atoms with Crippen LogP contribution in [-0.4, -0.2) is 64.0 Å². The summed E-state index contributed by atoms with van der Waals surface area (Å²) < 4.78 is 6.66. The number of piperazine rings is 1. The molecule has 0 aromatic heterocycles. The molecule has 2 atom stereocenters. The van der Waals surface area contributed by atoms with Crippen molar-refractivity contribution in [1.82, 2.24) is 14.7 Å². The van der Waals surface area contributed by atoms with E-state index >= 15 is 0 Å². The van der Waals surface area contributed by atoms with Crippen LogP contribution in [0.3, 0.4) is 0 Å². The van der Waals surface area contributed by atoms with E-state index < -0.39 is 5.60 Å². The van der Waals surface area contributed by atoms with Gasteiger partial charge in [-0.2, -0.15) is 0 Å². The van der Waals surface area contributed by atoms with Crippen LogP contribution in [-0.2, 0) is 17.8 Å². The standard InChI is InChI=1S/C26H32BrN3O3/c1-18-13-28(14-19-8-6-5-7-9-19)22(17-30(18)25(32)33-26(2,3)4)16-29-15-20-12-21(27)10-11-23(20)24(29)31/h5-12,18,22H,13-17H2,1-4H3/t18-,22+/m1/s1. The third-order valence-corrected chi connectivity index (χ3v) is 6.68. The molecule has 1 saturated heterocycles. The zero-order valence-electron chi connectivity index (χ0n) is 19.8. The number of hydrogen-bond donors (Lipinski definition) is 0. The molecule has 1 fully saturated rings. The molecule has 2 aromatic rings. The summed E-state index contributed by atoms with van der Waals surface area (Å²) >= 11 is 3.51. The fraction of sp³-hybridized carbons (Fsp3) is 0.462. The van der Waals surface area contributed by atoms with Crippen LogP contribution in [0.25, 0.3) is 0 Å². The number of halogens is 1. The highest BCUT2D eigenvalue weighted by Gasteiger charge is 2.39. The summed E-state index contributed by atoms with van der Waals surface area (Å²) in [6.07, 6.45) is -0.292. The quantitative estimate of drug-likeness (QED) is 0.582. The maximum atomic E-state index is 13.1. The minimum absolute atomic E-state index is 0.00984. The molecule has 0 unspecified atom stereocenters. The van der Waals surface area contributed by atoms with Gasteiger partial charge in [-0.1, -0.05) is 46.3 Å². The lowest BCUT2D eigenvalue weighted by Crippen LogP contribution is -2.61. The van der Waals surface area contributed by atoms with Crippen LogP contribution in [0.1, 0.15) is 49.2 Å². The van der Waals surface area contributed by atoms with Gasteiger partial charge in [-0.15, -0.1) is 0 Å². The van der Waals surface area contributed by atoms with E-state index in [1.54, 1.807) is 0 Å². The van der Waals surface area contributed by atoms with Crippen molar-refractivity contribution in [2.24, 2.45) is 0 Å². The van der Waals surface area contributed by atoms with Crippen molar-refractivity contribution < 1.29 is 14.3 Å². The van der Waals surface area contributed by atoms with Gasteiger partial charge in [0, 0.05) is 54.8 Å². The Morgan fingerprint density at radius 2 is 1.85 bits per heavy atom. The molecule has 2 heterocycles. The van der Waals surface area contributed by atoms with Gasteiger partial charge in [0.05, 0.1) is 0 Å². The molecule has 0 N–H and O–H groups in total. The molecule has 0 radical (unpaired) electrons. The summed E-state index contributed by atoms with van der Waals surface area (Å²) in [5, 5.41) is 0. The summed E-state index contributed by atoms with van der Waals surface area (Å²) in [4.78, 5) is 32.2. The lowest BCUT2D eigenvalue weighted by Gasteiger charge is -2.46. The van der Waals surface area contributed by atoms with Crippen LogP contribution in [0, 0.1) is 0 Å². The van der Waals surface area contributed by atoms with Crippen LogP contribution < -0.4 is 0 Å². The van der Waals surface area contributed by atoms with Gasteiger partial charge in [-0.3, -0.25) is 9.69 Å². The molecule has 7 heteroatoms. The van der Waals surface area contributed by atoms with Crippen LogP contribution in [0.2, 0.25) is 0 Å². The molecule has 2 aliphatic heterocycles. The first-order chi connectivity index (χ1) is 15.6. The van der Waals surface area contributed by atoms with Gasteiger partial charge in [0.15, 0.2) is 0 Å². The van der Waals surface area contributed by atoms with Crippen molar-refractivity contribution in [1.29, 1.82) is 0 Å². The Labute approximate surface area is 204 Å². The van der Waals surface area contributed by atoms with Gasteiger partial charge in [-0.25, -0.2) is 4.79 Å². The third-order valence-electron chi connectivity index (χ3n) is 6.19. The highest BCUT2D eigenvalue weighted by atomic mass is 79.9. The number of hydrogen-bond acceptors (Lipinski definition) is 4. The molecule has 2 amide bonds. The smallest absolute Gasteiger partial charge is 0.410 e. The maximum Gasteiger partial charge on any atom is 0.410 e. The topological polar surface area (TPSA) is 53.1 Å². The van der Waals surface area contributed by atoms with Crippen LogP contribution in [0.5, 0.6) is 0 Å². The Morgan fingerprint density at radius 1 is 1.12 bits per heavy atom. The molecule has 4 rings (SSSR count). The van der Waals surface area contributed by atoms with E-state index in [9.17, 15) is 9.59 Å². The van der Waals surface area contributed by atoms with Gasteiger partial charge in [0.25, 0.3) is 5.91 Å². The summed E-state index contributed by atoms with van der Waals surface area (Å²) in [7, 11) is 0. The van der Waals surface area contributed by atoms with Gasteiger partial charge in [0.1, 0.15) is 5.60 Å². The van der Waals surface area contributed by atoms with Crippen molar-refractivity contribution >= 4 is 27.9 Å². The van der Waals surface area contributed by atoms with Gasteiger partial charge >= 0.3 is 6.09 Å². The zero-order valence-corrected chi connectivity index (χ0v) is 21.3. The molecule has 0 spiro atoms. The summed E-state index contributed by atoms with van der Waals surface area (Å²) in [5.74, 6) is 0.0552. The van der Waals surface area contributed by atoms with Crippen molar-refractivity contribution in [2.45, 2.75) is 58.5 Å². The zero-order chi connectivity index (χ0) is 23.8. The molecule has 0 aliphatic carbocycles. The number of nitrogens with zero attached hydrogens (tertiary/aromatic N) is 3. The SMILES string of the molecule is C[C@@H]1CN(Cc2ccccc2)[C@@H](CN2Cc3cc(Br)ccc3C2=O)CN1C(=O)OC(C)(C)C. The van der Waals surface area contributed by atoms with E-state index in [-0.39, 0.29) is 24.1 Å². The maximum absolute atomic E-state index is 13.1. The molecule has 6 nitrogen and oxygen atoms in total. The van der Waals surface area contributed by atoms with Crippen molar-refractivity contribution in [3.63, 3.8) is 0 Å². The molecule has 33 heavy (non-hydrogen) atoms. The molecule has 0 bridgehead atoms. The van der Waals surface area contributed by atoms with Gasteiger partial charge in [-0.05, 0) is 57.0 Å². The predicted octanol–water partition coefficient (Wildman–Crippen LogP) is 4.91. The normalized spacial score (nSPS) is 21.3. The third kappa shape index (κ3) is 5.58. The van der Waals surface area contributed by atoms with Crippen molar-refractivity contribution in [3.8, 4) is 0 Å². The van der Waals surface area contributed by atoms with Gasteiger partial charge < -0.3 is 14.5 Å². The second-order valence-electron chi connectivity index (χ2n) is 10.0. The van der Waals surface area contributed by atoms with Crippen LogP contribution >= 0.6 is 15.9 Å². The number of carbonyl (C=O) groups excluding carboxylic acids is 2. The summed E-state index contributed by atoms with van der Waals surface area (Å²) in [6, 6.07) is 16.2. The minimum Gasteiger partial charge on any atom is -0.444 e. The van der Waals surface area contributed by atoms with Gasteiger partial charge in [0.2, 0.25) is 0 Å². The number of fused-ring (bicyclic) bond motifs is 1. The van der Waals surface area contributed by atoms with E-state index in [2.05, 4.69) is 39.9 Å². The predicted molar refractivity (Wildman–Crippen MR) is 132 cm³/mol. The second-order valence-corrected chi connectivity index (χ2v) is 11.0. The first-order valence-electron chi connectivity index (χ1n) is 11.5. The van der Waals surface area contributed by atoms with Crippen LogP contribution in [0.15, 0.2) is 53.0 Å². The molecule has 2 aliphatic rings. The Kier molecular flexibility index (Phi) is 6.82. The molecule has 176 valence electrons. The molecule has 0 saturated carbocycles. The first-order valence-corrected chi connectivity index (χ1v) is 12.3. The monoisotopic (exact) mass is 513 g/mol. The van der Waals surface area contributed by atoms with E-state index in [0.29, 0.717) is 19.6 Å². The molecule has 2 aromatic carbocycles. The largest absolute Gasteiger partial charge is 0.444 e. The van der Waals surface area contributed by atoms with E-state index in [1.807, 2.05) is 67.0 Å². The Bertz CT molecular complexity index is 1020. The number of carbonyl (C=O) groups is 2. The Hall–Kier alpha value is -2.38. The van der Waals surface area contributed by atoms with Crippen LogP contribution in [0.4, 0.5) is 4.79 Å². The summed E-state index contributed by atoms with van der Waals surface area (Å²) in [5.41, 5.74) is 2.48. The van der Waals surface area contributed by atoms with Crippen molar-refractivity contribution in [3.05, 3.63) is 69.7 Å². The highest BCUT2D eigenvalue weighted by molar-refractivity contribution is 9.10. The number of benzene rings is 2. The Morgan fingerprint density at radius 3 is 2.55 bits per heavy atom. The lowest BCUT2D eigenvalue weighted by molar-refractivity contribution is -0.0190. The number of ether oxygens (including phenoxy) is 1. The minimum atomic E-state index is -0.548. The average molecular weight is 514 g/mol. The van der Waals surface area contributed by atoms with E-state index in [4.69, 9.17) is 4.74 Å². The first kappa shape index (κ1) is 23.8. The average Bonchev–Trinajstić information content (AvgIpc) is 3.03. The Balaban J connectivity index is 1.54. The number of amides is 2. The fourth-order valence-corrected chi connectivity index (χ4v) is 5.03. The lowest BCUT2D eigenvalue weighted by atomic mass is 10.1. The summed E-state index contributed by atoms with van der Waals surface area (Å²) in [6.45, 7) is 10.9. The van der Waals surface area contributed by atoms with E-state index in [1.165, 1.54) is 5.56 Å². The molecular formula is C26H32BrN3O3. The number of rotatable bonds is 4. The fourth-order valence-electron chi connectivity index (χ4n) is 4.62.